The first kappa shape index (κ1) is 28.5. The molecular formula is C24H27ClF2N4O5S. The van der Waals surface area contributed by atoms with E-state index in [4.69, 9.17) is 16.3 Å². The molecule has 3 rings (SSSR count). The summed E-state index contributed by atoms with van der Waals surface area (Å²) in [5, 5.41) is 7.69. The fraction of sp³-hybridized carbons (Fsp3) is 0.417. The Morgan fingerprint density at radius 3 is 2.51 bits per heavy atom. The van der Waals surface area contributed by atoms with Crippen LogP contribution in [0.5, 0.6) is 0 Å². The molecule has 37 heavy (non-hydrogen) atoms. The molecule has 0 aliphatic carbocycles. The highest BCUT2D eigenvalue weighted by Gasteiger charge is 2.29. The van der Waals surface area contributed by atoms with Gasteiger partial charge in [0.25, 0.3) is 18.2 Å². The Balaban J connectivity index is 1.79. The highest BCUT2D eigenvalue weighted by Crippen LogP contribution is 2.33. The molecule has 3 N–H and O–H groups in total. The van der Waals surface area contributed by atoms with E-state index in [-0.39, 0.29) is 37.7 Å². The fourth-order valence-electron chi connectivity index (χ4n) is 3.36. The second-order valence-electron chi connectivity index (χ2n) is 9.25. The second-order valence-corrected chi connectivity index (χ2v) is 11.0. The lowest BCUT2D eigenvalue weighted by atomic mass is 9.95. The molecule has 1 aromatic heterocycles. The molecule has 0 saturated carbocycles. The minimum atomic E-state index is -2.92. The van der Waals surface area contributed by atoms with E-state index in [0.29, 0.717) is 9.21 Å². The number of thiophene rings is 1. The average molecular weight is 557 g/mol. The SMILES string of the molecule is CC(C)(C)C(=O)N[C@H](CNC(=O)c1ccc(Cl)s1)C(=O)Nc1ccc(N2CCOCC2=O)c(C(F)F)c1. The van der Waals surface area contributed by atoms with Crippen LogP contribution in [0, 0.1) is 5.41 Å². The Bertz CT molecular complexity index is 1180. The predicted octanol–water partition coefficient (Wildman–Crippen LogP) is 3.60. The maximum Gasteiger partial charge on any atom is 0.265 e. The van der Waals surface area contributed by atoms with Crippen LogP contribution in [0.2, 0.25) is 4.34 Å². The lowest BCUT2D eigenvalue weighted by molar-refractivity contribution is -0.132. The zero-order valence-electron chi connectivity index (χ0n) is 20.4. The van der Waals surface area contributed by atoms with Crippen LogP contribution in [-0.4, -0.2) is 56.0 Å². The third-order valence-corrected chi connectivity index (χ3v) is 6.60. The van der Waals surface area contributed by atoms with Crippen molar-refractivity contribution < 1.29 is 32.7 Å². The summed E-state index contributed by atoms with van der Waals surface area (Å²) < 4.78 is 33.2. The fourth-order valence-corrected chi connectivity index (χ4v) is 4.32. The largest absolute Gasteiger partial charge is 0.370 e. The summed E-state index contributed by atoms with van der Waals surface area (Å²) in [4.78, 5) is 51.8. The van der Waals surface area contributed by atoms with Gasteiger partial charge in [0.1, 0.15) is 12.6 Å². The number of morpholine rings is 1. The van der Waals surface area contributed by atoms with E-state index >= 15 is 0 Å². The first-order valence-electron chi connectivity index (χ1n) is 11.3. The van der Waals surface area contributed by atoms with Crippen molar-refractivity contribution in [1.82, 2.24) is 10.6 Å². The second kappa shape index (κ2) is 12.0. The molecule has 0 radical (unpaired) electrons. The zero-order valence-corrected chi connectivity index (χ0v) is 22.0. The number of anilines is 2. The molecule has 1 atom stereocenters. The number of hydrogen-bond acceptors (Lipinski definition) is 6. The minimum absolute atomic E-state index is 0.0285. The van der Waals surface area contributed by atoms with Crippen LogP contribution in [0.1, 0.15) is 42.4 Å². The van der Waals surface area contributed by atoms with Crippen LogP contribution in [-0.2, 0) is 19.1 Å². The van der Waals surface area contributed by atoms with Crippen molar-refractivity contribution in [2.75, 3.05) is 36.5 Å². The summed E-state index contributed by atoms with van der Waals surface area (Å²) >= 11 is 6.92. The quantitative estimate of drug-likeness (QED) is 0.459. The number of carbonyl (C=O) groups is 4. The molecule has 13 heteroatoms. The van der Waals surface area contributed by atoms with Gasteiger partial charge in [0, 0.05) is 29.8 Å². The highest BCUT2D eigenvalue weighted by molar-refractivity contribution is 7.18. The average Bonchev–Trinajstić information content (AvgIpc) is 3.27. The number of ether oxygens (including phenoxy) is 1. The van der Waals surface area contributed by atoms with E-state index in [1.54, 1.807) is 26.8 Å². The van der Waals surface area contributed by atoms with Gasteiger partial charge in [-0.3, -0.25) is 19.2 Å². The van der Waals surface area contributed by atoms with Gasteiger partial charge in [-0.25, -0.2) is 8.78 Å². The number of nitrogens with one attached hydrogen (secondary N) is 3. The van der Waals surface area contributed by atoms with Gasteiger partial charge >= 0.3 is 0 Å². The predicted molar refractivity (Wildman–Crippen MR) is 136 cm³/mol. The molecule has 200 valence electrons. The molecule has 0 unspecified atom stereocenters. The maximum atomic E-state index is 13.9. The van der Waals surface area contributed by atoms with Crippen LogP contribution in [0.15, 0.2) is 30.3 Å². The van der Waals surface area contributed by atoms with E-state index in [0.717, 1.165) is 17.4 Å². The third-order valence-electron chi connectivity index (χ3n) is 5.37. The Hall–Kier alpha value is -3.09. The number of alkyl halides is 2. The number of amides is 4. The molecule has 0 spiro atoms. The van der Waals surface area contributed by atoms with Crippen molar-refractivity contribution in [1.29, 1.82) is 0 Å². The minimum Gasteiger partial charge on any atom is -0.370 e. The van der Waals surface area contributed by atoms with E-state index in [9.17, 15) is 28.0 Å². The zero-order chi connectivity index (χ0) is 27.3. The Morgan fingerprint density at radius 1 is 1.19 bits per heavy atom. The van der Waals surface area contributed by atoms with Crippen molar-refractivity contribution in [3.05, 3.63) is 45.1 Å². The van der Waals surface area contributed by atoms with Gasteiger partial charge in [-0.05, 0) is 30.3 Å². The van der Waals surface area contributed by atoms with Crippen molar-refractivity contribution in [2.45, 2.75) is 33.2 Å². The summed E-state index contributed by atoms with van der Waals surface area (Å²) in [6.07, 6.45) is -2.92. The molecule has 1 fully saturated rings. The van der Waals surface area contributed by atoms with Crippen LogP contribution >= 0.6 is 22.9 Å². The van der Waals surface area contributed by atoms with Gasteiger partial charge < -0.3 is 25.6 Å². The van der Waals surface area contributed by atoms with Crippen LogP contribution < -0.4 is 20.9 Å². The summed E-state index contributed by atoms with van der Waals surface area (Å²) in [6, 6.07) is 5.67. The molecule has 2 aromatic rings. The van der Waals surface area contributed by atoms with Crippen LogP contribution in [0.3, 0.4) is 0 Å². The maximum absolute atomic E-state index is 13.9. The van der Waals surface area contributed by atoms with Crippen molar-refractivity contribution in [3.8, 4) is 0 Å². The van der Waals surface area contributed by atoms with Gasteiger partial charge in [0.15, 0.2) is 0 Å². The summed E-state index contributed by atoms with van der Waals surface area (Å²) in [5.74, 6) is -2.11. The molecule has 1 aromatic carbocycles. The molecule has 1 aliphatic rings. The van der Waals surface area contributed by atoms with E-state index < -0.39 is 47.1 Å². The molecule has 4 amide bonds. The Morgan fingerprint density at radius 2 is 1.92 bits per heavy atom. The topological polar surface area (TPSA) is 117 Å². The van der Waals surface area contributed by atoms with Gasteiger partial charge in [-0.1, -0.05) is 32.4 Å². The number of hydrogen-bond donors (Lipinski definition) is 3. The number of halogens is 3. The summed E-state index contributed by atoms with van der Waals surface area (Å²) in [7, 11) is 0. The van der Waals surface area contributed by atoms with Crippen molar-refractivity contribution in [2.24, 2.45) is 5.41 Å². The highest BCUT2D eigenvalue weighted by atomic mass is 35.5. The van der Waals surface area contributed by atoms with Gasteiger partial charge in [0.2, 0.25) is 11.8 Å². The summed E-state index contributed by atoms with van der Waals surface area (Å²) in [5.41, 5.74) is -1.21. The van der Waals surface area contributed by atoms with E-state index in [1.165, 1.54) is 23.1 Å². The Labute approximate surface area is 221 Å². The molecule has 9 nitrogen and oxygen atoms in total. The third kappa shape index (κ3) is 7.46. The molecular weight excluding hydrogens is 530 g/mol. The van der Waals surface area contributed by atoms with E-state index in [1.807, 2.05) is 0 Å². The van der Waals surface area contributed by atoms with Gasteiger partial charge in [0.05, 0.1) is 21.5 Å². The Kier molecular flexibility index (Phi) is 9.21. The van der Waals surface area contributed by atoms with Crippen molar-refractivity contribution >= 4 is 57.9 Å². The molecule has 0 bridgehead atoms. The molecule has 1 aliphatic heterocycles. The molecule has 2 heterocycles. The number of rotatable bonds is 8. The van der Waals surface area contributed by atoms with Gasteiger partial charge in [-0.15, -0.1) is 11.3 Å². The standard InChI is InChI=1S/C24H27ClF2N4O5S/c1-24(2,3)23(35)30-15(11-28-22(34)17-6-7-18(25)37-17)21(33)29-13-4-5-16(14(10-13)20(26)27)31-8-9-36-12-19(31)32/h4-7,10,15,20H,8-9,11-12H2,1-3H3,(H,28,34)(H,29,33)(H,30,35)/t15-/m1/s1. The van der Waals surface area contributed by atoms with Crippen LogP contribution in [0.25, 0.3) is 0 Å². The lowest BCUT2D eigenvalue weighted by Gasteiger charge is -2.29. The summed E-state index contributed by atoms with van der Waals surface area (Å²) in [6.45, 7) is 4.84. The number of carbonyl (C=O) groups excluding carboxylic acids is 4. The lowest BCUT2D eigenvalue weighted by Crippen LogP contribution is -2.53. The van der Waals surface area contributed by atoms with Gasteiger partial charge in [-0.2, -0.15) is 0 Å². The molecule has 1 saturated heterocycles. The number of benzene rings is 1. The first-order chi connectivity index (χ1) is 17.4. The number of nitrogens with zero attached hydrogens (tertiary/aromatic N) is 1. The van der Waals surface area contributed by atoms with E-state index in [2.05, 4.69) is 16.0 Å². The van der Waals surface area contributed by atoms with Crippen molar-refractivity contribution in [3.63, 3.8) is 0 Å². The monoisotopic (exact) mass is 556 g/mol. The normalized spacial score (nSPS) is 14.9. The van der Waals surface area contributed by atoms with Crippen LogP contribution in [0.4, 0.5) is 20.2 Å². The first-order valence-corrected chi connectivity index (χ1v) is 12.5. The smallest absolute Gasteiger partial charge is 0.265 e.